The van der Waals surface area contributed by atoms with E-state index in [4.69, 9.17) is 0 Å². The van der Waals surface area contributed by atoms with Gasteiger partial charge >= 0.3 is 0 Å². The SMILES string of the molecule is CCNC1CC2CCCC(C1)N2c1ccc(I)cc1. The van der Waals surface area contributed by atoms with E-state index in [1.165, 1.54) is 41.4 Å². The smallest absolute Gasteiger partial charge is 0.0371 e. The quantitative estimate of drug-likeness (QED) is 0.815. The largest absolute Gasteiger partial charge is 0.365 e. The first-order valence-corrected chi connectivity index (χ1v) is 8.63. The van der Waals surface area contributed by atoms with E-state index in [0.29, 0.717) is 0 Å². The lowest BCUT2D eigenvalue weighted by molar-refractivity contribution is 0.247. The molecule has 0 amide bonds. The van der Waals surface area contributed by atoms with Crippen molar-refractivity contribution in [3.8, 4) is 0 Å². The van der Waals surface area contributed by atoms with Gasteiger partial charge in [-0.1, -0.05) is 6.92 Å². The van der Waals surface area contributed by atoms with Gasteiger partial charge in [0, 0.05) is 27.4 Å². The highest BCUT2D eigenvalue weighted by molar-refractivity contribution is 14.1. The number of fused-ring (bicyclic) bond motifs is 2. The topological polar surface area (TPSA) is 15.3 Å². The van der Waals surface area contributed by atoms with Crippen LogP contribution < -0.4 is 10.2 Å². The highest BCUT2D eigenvalue weighted by Gasteiger charge is 2.37. The molecule has 2 aliphatic rings. The minimum absolute atomic E-state index is 0.736. The number of hydrogen-bond acceptors (Lipinski definition) is 2. The number of benzene rings is 1. The first-order valence-electron chi connectivity index (χ1n) is 7.55. The van der Waals surface area contributed by atoms with Crippen molar-refractivity contribution in [2.75, 3.05) is 11.4 Å². The molecular formula is C16H23IN2. The van der Waals surface area contributed by atoms with Crippen LogP contribution in [-0.2, 0) is 0 Å². The second-order valence-electron chi connectivity index (χ2n) is 5.85. The second kappa shape index (κ2) is 6.00. The van der Waals surface area contributed by atoms with Gasteiger partial charge in [0.1, 0.15) is 0 Å². The molecule has 2 unspecified atom stereocenters. The standard InChI is InChI=1S/C16H23IN2/c1-2-18-13-10-15-4-3-5-16(11-13)19(15)14-8-6-12(17)7-9-14/h6-9,13,15-16,18H,2-5,10-11H2,1H3. The van der Waals surface area contributed by atoms with Crippen LogP contribution in [0.1, 0.15) is 39.0 Å². The molecule has 104 valence electrons. The van der Waals surface area contributed by atoms with E-state index >= 15 is 0 Å². The normalized spacial score (nSPS) is 30.4. The number of piperidine rings is 2. The zero-order valence-electron chi connectivity index (χ0n) is 11.6. The van der Waals surface area contributed by atoms with Crippen LogP contribution in [0.25, 0.3) is 0 Å². The maximum absolute atomic E-state index is 3.67. The molecule has 0 spiro atoms. The Morgan fingerprint density at radius 3 is 2.37 bits per heavy atom. The van der Waals surface area contributed by atoms with E-state index in [1.807, 2.05) is 0 Å². The monoisotopic (exact) mass is 370 g/mol. The molecule has 0 aliphatic carbocycles. The fraction of sp³-hybridized carbons (Fsp3) is 0.625. The third-order valence-corrected chi connectivity index (χ3v) is 5.31. The summed E-state index contributed by atoms with van der Waals surface area (Å²) >= 11 is 2.39. The van der Waals surface area contributed by atoms with Crippen LogP contribution in [-0.4, -0.2) is 24.7 Å². The van der Waals surface area contributed by atoms with Crippen molar-refractivity contribution in [2.45, 2.75) is 57.2 Å². The summed E-state index contributed by atoms with van der Waals surface area (Å²) < 4.78 is 1.33. The van der Waals surface area contributed by atoms with Gasteiger partial charge in [-0.15, -0.1) is 0 Å². The van der Waals surface area contributed by atoms with E-state index in [2.05, 4.69) is 64.0 Å². The summed E-state index contributed by atoms with van der Waals surface area (Å²) in [5.41, 5.74) is 1.44. The molecule has 0 radical (unpaired) electrons. The van der Waals surface area contributed by atoms with Crippen molar-refractivity contribution in [2.24, 2.45) is 0 Å². The maximum Gasteiger partial charge on any atom is 0.0371 e. The van der Waals surface area contributed by atoms with Gasteiger partial charge in [-0.05, 0) is 85.5 Å². The van der Waals surface area contributed by atoms with E-state index in [9.17, 15) is 0 Å². The van der Waals surface area contributed by atoms with Crippen LogP contribution in [0.2, 0.25) is 0 Å². The molecule has 19 heavy (non-hydrogen) atoms. The van der Waals surface area contributed by atoms with Crippen LogP contribution in [0.4, 0.5) is 5.69 Å². The first kappa shape index (κ1) is 13.7. The average molecular weight is 370 g/mol. The predicted octanol–water partition coefficient (Wildman–Crippen LogP) is 3.79. The Kier molecular flexibility index (Phi) is 4.32. The number of anilines is 1. The molecule has 0 aromatic heterocycles. The van der Waals surface area contributed by atoms with Crippen LogP contribution in [0.3, 0.4) is 0 Å². The lowest BCUT2D eigenvalue weighted by Gasteiger charge is -2.50. The highest BCUT2D eigenvalue weighted by Crippen LogP contribution is 2.37. The maximum atomic E-state index is 3.67. The van der Waals surface area contributed by atoms with E-state index in [0.717, 1.165) is 24.7 Å². The van der Waals surface area contributed by atoms with E-state index < -0.39 is 0 Å². The number of hydrogen-bond donors (Lipinski definition) is 1. The molecule has 2 atom stereocenters. The number of halogens is 1. The third-order valence-electron chi connectivity index (χ3n) is 4.59. The molecule has 1 aromatic rings. The van der Waals surface area contributed by atoms with Gasteiger partial charge < -0.3 is 10.2 Å². The summed E-state index contributed by atoms with van der Waals surface area (Å²) in [5, 5.41) is 3.67. The van der Waals surface area contributed by atoms with Crippen molar-refractivity contribution in [1.29, 1.82) is 0 Å². The lowest BCUT2D eigenvalue weighted by Crippen LogP contribution is -2.56. The molecule has 1 N–H and O–H groups in total. The average Bonchev–Trinajstić information content (AvgIpc) is 2.39. The predicted molar refractivity (Wildman–Crippen MR) is 89.8 cm³/mol. The Balaban J connectivity index is 1.80. The molecule has 1 aromatic carbocycles. The zero-order valence-corrected chi connectivity index (χ0v) is 13.8. The summed E-state index contributed by atoms with van der Waals surface area (Å²) in [7, 11) is 0. The Bertz CT molecular complexity index is 403. The van der Waals surface area contributed by atoms with Crippen molar-refractivity contribution in [1.82, 2.24) is 5.32 Å². The fourth-order valence-electron chi connectivity index (χ4n) is 3.87. The molecule has 2 bridgehead atoms. The summed E-state index contributed by atoms with van der Waals surface area (Å²) in [6.45, 7) is 3.33. The number of nitrogens with zero attached hydrogens (tertiary/aromatic N) is 1. The van der Waals surface area contributed by atoms with Crippen LogP contribution in [0.5, 0.6) is 0 Å². The van der Waals surface area contributed by atoms with Crippen molar-refractivity contribution < 1.29 is 0 Å². The van der Waals surface area contributed by atoms with Gasteiger partial charge in [-0.25, -0.2) is 0 Å². The molecule has 2 fully saturated rings. The van der Waals surface area contributed by atoms with Gasteiger partial charge in [-0.2, -0.15) is 0 Å². The summed E-state index contributed by atoms with van der Waals surface area (Å²) in [6, 6.07) is 11.3. The highest BCUT2D eigenvalue weighted by atomic mass is 127. The Labute approximate surface area is 130 Å². The van der Waals surface area contributed by atoms with Crippen molar-refractivity contribution >= 4 is 28.3 Å². The minimum atomic E-state index is 0.736. The number of rotatable bonds is 3. The van der Waals surface area contributed by atoms with Crippen molar-refractivity contribution in [3.05, 3.63) is 27.8 Å². The Morgan fingerprint density at radius 2 is 1.79 bits per heavy atom. The molecule has 3 heteroatoms. The molecule has 0 saturated carbocycles. The molecule has 2 saturated heterocycles. The van der Waals surface area contributed by atoms with Gasteiger partial charge in [0.15, 0.2) is 0 Å². The molecule has 2 aliphatic heterocycles. The molecule has 2 heterocycles. The molecular weight excluding hydrogens is 347 g/mol. The zero-order chi connectivity index (χ0) is 13.2. The first-order chi connectivity index (χ1) is 9.28. The molecule has 3 rings (SSSR count). The van der Waals surface area contributed by atoms with Crippen LogP contribution in [0, 0.1) is 3.57 Å². The van der Waals surface area contributed by atoms with E-state index in [-0.39, 0.29) is 0 Å². The minimum Gasteiger partial charge on any atom is -0.365 e. The number of nitrogens with one attached hydrogen (secondary N) is 1. The van der Waals surface area contributed by atoms with Crippen molar-refractivity contribution in [3.63, 3.8) is 0 Å². The van der Waals surface area contributed by atoms with Gasteiger partial charge in [0.25, 0.3) is 0 Å². The molecule has 2 nitrogen and oxygen atoms in total. The summed E-state index contributed by atoms with van der Waals surface area (Å²) in [4.78, 5) is 2.72. The lowest BCUT2D eigenvalue weighted by atomic mass is 9.81. The Morgan fingerprint density at radius 1 is 1.16 bits per heavy atom. The van der Waals surface area contributed by atoms with Crippen LogP contribution >= 0.6 is 22.6 Å². The second-order valence-corrected chi connectivity index (χ2v) is 7.09. The van der Waals surface area contributed by atoms with Gasteiger partial charge in [0.05, 0.1) is 0 Å². The Hall–Kier alpha value is -0.290. The van der Waals surface area contributed by atoms with Gasteiger partial charge in [0.2, 0.25) is 0 Å². The third kappa shape index (κ3) is 2.92. The van der Waals surface area contributed by atoms with E-state index in [1.54, 1.807) is 0 Å². The fourth-order valence-corrected chi connectivity index (χ4v) is 4.23. The summed E-state index contributed by atoms with van der Waals surface area (Å²) in [5.74, 6) is 0. The van der Waals surface area contributed by atoms with Gasteiger partial charge in [-0.3, -0.25) is 0 Å². The van der Waals surface area contributed by atoms with Crippen LogP contribution in [0.15, 0.2) is 24.3 Å². The summed E-state index contributed by atoms with van der Waals surface area (Å²) in [6.07, 6.45) is 6.77.